The van der Waals surface area contributed by atoms with Crippen LogP contribution in [0.15, 0.2) is 24.4 Å². The Morgan fingerprint density at radius 3 is 2.85 bits per heavy atom. The van der Waals surface area contributed by atoms with Gasteiger partial charge in [-0.25, -0.2) is 0 Å². The standard InChI is InChI=1S/C11H13NO/c1-7-3-4-11-9(5-7)10(6-12-11)8(2)13/h3-6,8,12-13H,1-2H3/t8-/m1/s1. The summed E-state index contributed by atoms with van der Waals surface area (Å²) in [6.45, 7) is 3.84. The number of fused-ring (bicyclic) bond motifs is 1. The van der Waals surface area contributed by atoms with Gasteiger partial charge in [0.25, 0.3) is 0 Å². The lowest BCUT2D eigenvalue weighted by molar-refractivity contribution is 0.201. The van der Waals surface area contributed by atoms with Crippen LogP contribution in [0, 0.1) is 6.92 Å². The molecule has 0 saturated heterocycles. The second-order valence-electron chi connectivity index (χ2n) is 3.47. The molecular formula is C11H13NO. The summed E-state index contributed by atoms with van der Waals surface area (Å²) >= 11 is 0. The Bertz CT molecular complexity index is 429. The SMILES string of the molecule is Cc1ccc2[nH]cc([C@@H](C)O)c2c1. The van der Waals surface area contributed by atoms with Gasteiger partial charge in [0.15, 0.2) is 0 Å². The number of aryl methyl sites for hydroxylation is 1. The van der Waals surface area contributed by atoms with Crippen molar-refractivity contribution < 1.29 is 5.11 Å². The van der Waals surface area contributed by atoms with Crippen molar-refractivity contribution in [3.63, 3.8) is 0 Å². The van der Waals surface area contributed by atoms with Crippen molar-refractivity contribution in [2.24, 2.45) is 0 Å². The molecule has 0 aliphatic rings. The Morgan fingerprint density at radius 1 is 1.38 bits per heavy atom. The Balaban J connectivity index is 2.71. The molecule has 1 heterocycles. The average molecular weight is 175 g/mol. The predicted molar refractivity (Wildman–Crippen MR) is 53.7 cm³/mol. The van der Waals surface area contributed by atoms with Gasteiger partial charge >= 0.3 is 0 Å². The molecule has 0 saturated carbocycles. The van der Waals surface area contributed by atoms with Crippen LogP contribution >= 0.6 is 0 Å². The highest BCUT2D eigenvalue weighted by molar-refractivity contribution is 5.84. The Morgan fingerprint density at radius 2 is 2.15 bits per heavy atom. The summed E-state index contributed by atoms with van der Waals surface area (Å²) in [5, 5.41) is 10.6. The zero-order valence-corrected chi connectivity index (χ0v) is 7.83. The number of H-pyrrole nitrogens is 1. The molecular weight excluding hydrogens is 162 g/mol. The van der Waals surface area contributed by atoms with Crippen molar-refractivity contribution >= 4 is 10.9 Å². The minimum atomic E-state index is -0.407. The summed E-state index contributed by atoms with van der Waals surface area (Å²) in [5.41, 5.74) is 3.27. The van der Waals surface area contributed by atoms with Gasteiger partial charge in [-0.05, 0) is 26.0 Å². The van der Waals surface area contributed by atoms with Gasteiger partial charge in [0.05, 0.1) is 6.10 Å². The molecule has 0 aliphatic heterocycles. The van der Waals surface area contributed by atoms with Crippen LogP contribution in [0.2, 0.25) is 0 Å². The van der Waals surface area contributed by atoms with Crippen LogP contribution in [-0.4, -0.2) is 10.1 Å². The van der Waals surface area contributed by atoms with E-state index in [4.69, 9.17) is 0 Å². The van der Waals surface area contributed by atoms with E-state index in [0.717, 1.165) is 16.5 Å². The highest BCUT2D eigenvalue weighted by Gasteiger charge is 2.07. The number of aromatic nitrogens is 1. The van der Waals surface area contributed by atoms with Crippen molar-refractivity contribution in [1.29, 1.82) is 0 Å². The summed E-state index contributed by atoms with van der Waals surface area (Å²) in [5.74, 6) is 0. The fourth-order valence-corrected chi connectivity index (χ4v) is 1.60. The van der Waals surface area contributed by atoms with Crippen LogP contribution in [0.25, 0.3) is 10.9 Å². The van der Waals surface area contributed by atoms with Crippen LogP contribution in [0.1, 0.15) is 24.2 Å². The monoisotopic (exact) mass is 175 g/mol. The minimum Gasteiger partial charge on any atom is -0.389 e. The maximum Gasteiger partial charge on any atom is 0.0782 e. The lowest BCUT2D eigenvalue weighted by Crippen LogP contribution is -1.87. The Kier molecular flexibility index (Phi) is 1.85. The number of rotatable bonds is 1. The molecule has 1 atom stereocenters. The van der Waals surface area contributed by atoms with Crippen molar-refractivity contribution in [3.8, 4) is 0 Å². The molecule has 0 amide bonds. The predicted octanol–water partition coefficient (Wildman–Crippen LogP) is 2.53. The highest BCUT2D eigenvalue weighted by Crippen LogP contribution is 2.24. The quantitative estimate of drug-likeness (QED) is 0.686. The van der Waals surface area contributed by atoms with Crippen LogP contribution in [0.3, 0.4) is 0 Å². The van der Waals surface area contributed by atoms with E-state index in [1.165, 1.54) is 5.56 Å². The van der Waals surface area contributed by atoms with Gasteiger partial charge in [-0.2, -0.15) is 0 Å². The molecule has 68 valence electrons. The number of aliphatic hydroxyl groups is 1. The summed E-state index contributed by atoms with van der Waals surface area (Å²) in [7, 11) is 0. The van der Waals surface area contributed by atoms with Gasteiger partial charge in [-0.15, -0.1) is 0 Å². The summed E-state index contributed by atoms with van der Waals surface area (Å²) in [6.07, 6.45) is 1.46. The summed E-state index contributed by atoms with van der Waals surface area (Å²) < 4.78 is 0. The van der Waals surface area contributed by atoms with E-state index in [1.807, 2.05) is 12.3 Å². The zero-order chi connectivity index (χ0) is 9.42. The largest absolute Gasteiger partial charge is 0.389 e. The first kappa shape index (κ1) is 8.32. The smallest absolute Gasteiger partial charge is 0.0782 e. The van der Waals surface area contributed by atoms with E-state index >= 15 is 0 Å². The van der Waals surface area contributed by atoms with Crippen LogP contribution in [0.5, 0.6) is 0 Å². The van der Waals surface area contributed by atoms with Gasteiger partial charge in [0.1, 0.15) is 0 Å². The van der Waals surface area contributed by atoms with Crippen LogP contribution in [0.4, 0.5) is 0 Å². The highest BCUT2D eigenvalue weighted by atomic mass is 16.3. The number of hydrogen-bond acceptors (Lipinski definition) is 1. The van der Waals surface area contributed by atoms with Gasteiger partial charge in [-0.3, -0.25) is 0 Å². The summed E-state index contributed by atoms with van der Waals surface area (Å²) in [4.78, 5) is 3.14. The first-order valence-corrected chi connectivity index (χ1v) is 4.44. The molecule has 0 radical (unpaired) electrons. The van der Waals surface area contributed by atoms with E-state index < -0.39 is 6.10 Å². The molecule has 2 aromatic rings. The van der Waals surface area contributed by atoms with Crippen LogP contribution < -0.4 is 0 Å². The van der Waals surface area contributed by atoms with E-state index in [2.05, 4.69) is 24.0 Å². The minimum absolute atomic E-state index is 0.407. The maximum absolute atomic E-state index is 9.48. The van der Waals surface area contributed by atoms with Crippen molar-refractivity contribution in [1.82, 2.24) is 4.98 Å². The molecule has 2 rings (SSSR count). The number of aliphatic hydroxyl groups excluding tert-OH is 1. The average Bonchev–Trinajstić information content (AvgIpc) is 2.46. The molecule has 2 N–H and O–H groups in total. The molecule has 13 heavy (non-hydrogen) atoms. The molecule has 1 aromatic carbocycles. The second-order valence-corrected chi connectivity index (χ2v) is 3.47. The number of aromatic amines is 1. The summed E-state index contributed by atoms with van der Waals surface area (Å²) in [6, 6.07) is 6.19. The third-order valence-corrected chi connectivity index (χ3v) is 2.32. The topological polar surface area (TPSA) is 36.0 Å². The van der Waals surface area contributed by atoms with Crippen molar-refractivity contribution in [3.05, 3.63) is 35.5 Å². The molecule has 1 aromatic heterocycles. The third-order valence-electron chi connectivity index (χ3n) is 2.32. The van der Waals surface area contributed by atoms with Gasteiger partial charge in [-0.1, -0.05) is 11.6 Å². The second kappa shape index (κ2) is 2.89. The molecule has 0 spiro atoms. The van der Waals surface area contributed by atoms with Gasteiger partial charge < -0.3 is 10.1 Å². The molecule has 0 unspecified atom stereocenters. The molecule has 0 fully saturated rings. The normalized spacial score (nSPS) is 13.5. The zero-order valence-electron chi connectivity index (χ0n) is 7.83. The number of nitrogens with one attached hydrogen (secondary N) is 1. The van der Waals surface area contributed by atoms with Crippen molar-refractivity contribution in [2.45, 2.75) is 20.0 Å². The van der Waals surface area contributed by atoms with Crippen molar-refractivity contribution in [2.75, 3.05) is 0 Å². The Hall–Kier alpha value is -1.28. The Labute approximate surface area is 77.2 Å². The van der Waals surface area contributed by atoms with E-state index in [0.29, 0.717) is 0 Å². The fraction of sp³-hybridized carbons (Fsp3) is 0.273. The number of benzene rings is 1. The number of hydrogen-bond donors (Lipinski definition) is 2. The first-order chi connectivity index (χ1) is 6.18. The molecule has 0 bridgehead atoms. The molecule has 0 aliphatic carbocycles. The lowest BCUT2D eigenvalue weighted by Gasteiger charge is -2.01. The molecule has 2 nitrogen and oxygen atoms in total. The van der Waals surface area contributed by atoms with Gasteiger partial charge in [0.2, 0.25) is 0 Å². The first-order valence-electron chi connectivity index (χ1n) is 4.44. The van der Waals surface area contributed by atoms with Gasteiger partial charge in [0, 0.05) is 22.7 Å². The van der Waals surface area contributed by atoms with E-state index in [9.17, 15) is 5.11 Å². The van der Waals surface area contributed by atoms with E-state index in [-0.39, 0.29) is 0 Å². The fourth-order valence-electron chi connectivity index (χ4n) is 1.60. The van der Waals surface area contributed by atoms with Crippen LogP contribution in [-0.2, 0) is 0 Å². The lowest BCUT2D eigenvalue weighted by atomic mass is 10.1. The van der Waals surface area contributed by atoms with E-state index in [1.54, 1.807) is 6.92 Å². The maximum atomic E-state index is 9.48. The molecule has 2 heteroatoms. The third kappa shape index (κ3) is 1.33.